The second kappa shape index (κ2) is 18.3. The van der Waals surface area contributed by atoms with Gasteiger partial charge in [-0.05, 0) is 109 Å². The van der Waals surface area contributed by atoms with Gasteiger partial charge in [-0.3, -0.25) is 0 Å². The highest BCUT2D eigenvalue weighted by Crippen LogP contribution is 2.27. The van der Waals surface area contributed by atoms with Crippen LogP contribution in [0, 0.1) is 0 Å². The Morgan fingerprint density at radius 2 is 0.904 bits per heavy atom. The molecular formula is C42H42N4O4S2. The molecule has 2 aromatic heterocycles. The molecule has 10 heteroatoms. The fourth-order valence-corrected chi connectivity index (χ4v) is 6.41. The molecule has 0 saturated carbocycles. The van der Waals surface area contributed by atoms with Crippen LogP contribution >= 0.6 is 22.7 Å². The van der Waals surface area contributed by atoms with Gasteiger partial charge in [-0.1, -0.05) is 72.8 Å². The number of hydrogen-bond acceptors (Lipinski definition) is 10. The summed E-state index contributed by atoms with van der Waals surface area (Å²) in [6.07, 6.45) is 8.88. The molecule has 0 bridgehead atoms. The van der Waals surface area contributed by atoms with Crippen LogP contribution in [0.3, 0.4) is 0 Å². The van der Waals surface area contributed by atoms with Crippen molar-refractivity contribution in [2.45, 2.75) is 24.3 Å². The Hall–Kier alpha value is -5.20. The maximum absolute atomic E-state index is 11.7. The summed E-state index contributed by atoms with van der Waals surface area (Å²) in [5.41, 5.74) is 12.4. The summed E-state index contributed by atoms with van der Waals surface area (Å²) in [7, 11) is 0. The number of anilines is 2. The zero-order chi connectivity index (χ0) is 35.9. The van der Waals surface area contributed by atoms with E-state index in [1.807, 2.05) is 156 Å². The highest BCUT2D eigenvalue weighted by molar-refractivity contribution is 7.11. The Bertz CT molecular complexity index is 1810. The lowest BCUT2D eigenvalue weighted by Gasteiger charge is -2.27. The van der Waals surface area contributed by atoms with E-state index in [-0.39, 0.29) is 0 Å². The van der Waals surface area contributed by atoms with E-state index in [4.69, 9.17) is 9.47 Å². The van der Waals surface area contributed by atoms with Crippen molar-refractivity contribution in [3.8, 4) is 11.5 Å². The summed E-state index contributed by atoms with van der Waals surface area (Å²) in [6, 6.07) is 42.1. The number of rotatable bonds is 19. The van der Waals surface area contributed by atoms with Crippen LogP contribution in [0.5, 0.6) is 11.5 Å². The third-order valence-corrected chi connectivity index (χ3v) is 9.75. The van der Waals surface area contributed by atoms with Crippen molar-refractivity contribution in [2.75, 3.05) is 24.1 Å². The SMILES string of the molecule is OC(/C=C/c1cccs1)(NNc1ccccc1)c1ccc(OCCCCOc2ccc(C(O)(/C=C/c3cccs3)NNc3ccccc3)cc2)cc1. The normalized spacial score (nSPS) is 13.8. The predicted octanol–water partition coefficient (Wildman–Crippen LogP) is 9.00. The molecule has 0 fully saturated rings. The first-order valence-corrected chi connectivity index (χ1v) is 18.8. The molecule has 0 saturated heterocycles. The van der Waals surface area contributed by atoms with Gasteiger partial charge in [0.1, 0.15) is 11.5 Å². The van der Waals surface area contributed by atoms with Crippen molar-refractivity contribution in [1.82, 2.24) is 10.9 Å². The second-order valence-electron chi connectivity index (χ2n) is 11.9. The van der Waals surface area contributed by atoms with Crippen molar-refractivity contribution in [3.05, 3.63) is 177 Å². The number of aliphatic hydroxyl groups is 2. The zero-order valence-corrected chi connectivity index (χ0v) is 30.2. The van der Waals surface area contributed by atoms with Gasteiger partial charge in [-0.25, -0.2) is 0 Å². The first kappa shape index (κ1) is 36.6. The Labute approximate surface area is 312 Å². The van der Waals surface area contributed by atoms with E-state index in [1.165, 1.54) is 0 Å². The Morgan fingerprint density at radius 1 is 0.500 bits per heavy atom. The predicted molar refractivity (Wildman–Crippen MR) is 214 cm³/mol. The standard InChI is InChI=1S/C42H42N4O4S2/c47-41(27-25-39-15-9-31-51-39,45-43-35-11-3-1-4-12-35)33-17-21-37(22-18-33)49-29-7-8-30-50-38-23-19-34(20-24-38)42(48,28-26-40-16-10-32-52-40)46-44-36-13-5-2-6-14-36/h1-6,9-28,31-32,43-48H,7-8,29-30H2/b27-25+,28-26+. The number of para-hydroxylation sites is 2. The van der Waals surface area contributed by atoms with Crippen LogP contribution in [-0.4, -0.2) is 23.4 Å². The molecule has 0 aliphatic rings. The van der Waals surface area contributed by atoms with E-state index in [1.54, 1.807) is 34.8 Å². The molecule has 0 aliphatic carbocycles. The zero-order valence-electron chi connectivity index (χ0n) is 28.5. The van der Waals surface area contributed by atoms with Gasteiger partial charge >= 0.3 is 0 Å². The smallest absolute Gasteiger partial charge is 0.178 e. The highest BCUT2D eigenvalue weighted by atomic mass is 32.1. The summed E-state index contributed by atoms with van der Waals surface area (Å²) in [4.78, 5) is 2.07. The molecule has 0 spiro atoms. The van der Waals surface area contributed by atoms with Crippen LogP contribution in [0.1, 0.15) is 33.7 Å². The van der Waals surface area contributed by atoms with Crippen molar-refractivity contribution in [3.63, 3.8) is 0 Å². The van der Waals surface area contributed by atoms with E-state index in [0.717, 1.165) is 45.5 Å². The van der Waals surface area contributed by atoms with Gasteiger partial charge in [-0.2, -0.15) is 10.9 Å². The molecule has 2 heterocycles. The molecule has 8 nitrogen and oxygen atoms in total. The molecule has 52 heavy (non-hydrogen) atoms. The van der Waals surface area contributed by atoms with E-state index in [9.17, 15) is 10.2 Å². The van der Waals surface area contributed by atoms with Gasteiger partial charge in [0.05, 0.1) is 13.2 Å². The Balaban J connectivity index is 0.978. The fourth-order valence-electron chi connectivity index (χ4n) is 5.17. The van der Waals surface area contributed by atoms with Crippen LogP contribution < -0.4 is 31.2 Å². The van der Waals surface area contributed by atoms with E-state index < -0.39 is 11.4 Å². The number of thiophene rings is 2. The quantitative estimate of drug-likeness (QED) is 0.0279. The maximum Gasteiger partial charge on any atom is 0.178 e. The third-order valence-electron chi connectivity index (χ3n) is 8.07. The number of nitrogens with one attached hydrogen (secondary N) is 4. The van der Waals surface area contributed by atoms with E-state index in [2.05, 4.69) is 21.7 Å². The molecule has 2 atom stereocenters. The van der Waals surface area contributed by atoms with Crippen LogP contribution in [0.4, 0.5) is 11.4 Å². The van der Waals surface area contributed by atoms with Gasteiger partial charge in [0.25, 0.3) is 0 Å². The molecule has 0 radical (unpaired) electrons. The molecule has 6 N–H and O–H groups in total. The lowest BCUT2D eigenvalue weighted by Crippen LogP contribution is -2.44. The maximum atomic E-state index is 11.7. The number of hydrogen-bond donors (Lipinski definition) is 6. The second-order valence-corrected chi connectivity index (χ2v) is 13.9. The number of unbranched alkanes of at least 4 members (excludes halogenated alkanes) is 1. The fraction of sp³-hybridized carbons (Fsp3) is 0.143. The minimum absolute atomic E-state index is 0.529. The Morgan fingerprint density at radius 3 is 1.27 bits per heavy atom. The lowest BCUT2D eigenvalue weighted by atomic mass is 10.0. The van der Waals surface area contributed by atoms with E-state index >= 15 is 0 Å². The third kappa shape index (κ3) is 10.7. The molecule has 2 unspecified atom stereocenters. The summed E-state index contributed by atoms with van der Waals surface area (Å²) in [5.74, 6) is 1.44. The van der Waals surface area contributed by atoms with Gasteiger partial charge < -0.3 is 30.5 Å². The van der Waals surface area contributed by atoms with Crippen molar-refractivity contribution in [1.29, 1.82) is 0 Å². The highest BCUT2D eigenvalue weighted by Gasteiger charge is 2.27. The first-order valence-electron chi connectivity index (χ1n) is 17.0. The molecule has 0 aliphatic heterocycles. The van der Waals surface area contributed by atoms with Crippen LogP contribution in [0.25, 0.3) is 12.2 Å². The average molecular weight is 731 g/mol. The Kier molecular flexibility index (Phi) is 12.9. The molecule has 266 valence electrons. The average Bonchev–Trinajstić information content (AvgIpc) is 3.93. The van der Waals surface area contributed by atoms with Crippen molar-refractivity contribution < 1.29 is 19.7 Å². The largest absolute Gasteiger partial charge is 0.494 e. The van der Waals surface area contributed by atoms with Crippen LogP contribution in [0.15, 0.2) is 156 Å². The summed E-state index contributed by atoms with van der Waals surface area (Å²) >= 11 is 3.20. The molecular weight excluding hydrogens is 689 g/mol. The van der Waals surface area contributed by atoms with Gasteiger partial charge in [-0.15, -0.1) is 22.7 Å². The number of benzene rings is 4. The molecule has 6 rings (SSSR count). The first-order chi connectivity index (χ1) is 25.5. The number of hydrazine groups is 2. The summed E-state index contributed by atoms with van der Waals surface area (Å²) < 4.78 is 12.0. The molecule has 4 aromatic carbocycles. The number of ether oxygens (including phenoxy) is 2. The van der Waals surface area contributed by atoms with Gasteiger partial charge in [0.2, 0.25) is 0 Å². The minimum atomic E-state index is -1.47. The topological polar surface area (TPSA) is 107 Å². The monoisotopic (exact) mass is 730 g/mol. The van der Waals surface area contributed by atoms with Gasteiger partial charge in [0, 0.05) is 32.3 Å². The molecule has 6 aromatic rings. The lowest BCUT2D eigenvalue weighted by molar-refractivity contribution is 0.0601. The van der Waals surface area contributed by atoms with Crippen molar-refractivity contribution in [2.24, 2.45) is 0 Å². The molecule has 0 amide bonds. The summed E-state index contributed by atoms with van der Waals surface area (Å²) in [5, 5.41) is 27.3. The van der Waals surface area contributed by atoms with E-state index in [0.29, 0.717) is 24.3 Å². The van der Waals surface area contributed by atoms with Crippen LogP contribution in [-0.2, 0) is 11.4 Å². The van der Waals surface area contributed by atoms with Crippen LogP contribution in [0.2, 0.25) is 0 Å². The van der Waals surface area contributed by atoms with Crippen molar-refractivity contribution >= 4 is 46.2 Å². The van der Waals surface area contributed by atoms with Gasteiger partial charge in [0.15, 0.2) is 11.4 Å². The summed E-state index contributed by atoms with van der Waals surface area (Å²) in [6.45, 7) is 1.06. The minimum Gasteiger partial charge on any atom is -0.494 e.